The summed E-state index contributed by atoms with van der Waals surface area (Å²) in [5.41, 5.74) is 2.64. The van der Waals surface area contributed by atoms with E-state index in [-0.39, 0.29) is 11.8 Å². The topological polar surface area (TPSA) is 41.5 Å². The minimum atomic E-state index is -0.408. The standard InChI is InChI=1S/C16H16FNO2/c1-10(14-4-3-13(19)9-15(14)17)18-12-2-5-16-11(8-12)6-7-20-16/h2-5,8-10,18-19H,6-7H2,1H3. The van der Waals surface area contributed by atoms with Crippen LogP contribution in [0.25, 0.3) is 0 Å². The van der Waals surface area contributed by atoms with Crippen LogP contribution in [0.2, 0.25) is 0 Å². The second-order valence-electron chi connectivity index (χ2n) is 4.99. The molecule has 0 aliphatic carbocycles. The molecule has 0 bridgehead atoms. The van der Waals surface area contributed by atoms with Crippen molar-refractivity contribution in [1.29, 1.82) is 0 Å². The van der Waals surface area contributed by atoms with Crippen LogP contribution < -0.4 is 10.1 Å². The maximum Gasteiger partial charge on any atom is 0.132 e. The number of hydrogen-bond acceptors (Lipinski definition) is 3. The smallest absolute Gasteiger partial charge is 0.132 e. The first kappa shape index (κ1) is 12.8. The number of anilines is 1. The summed E-state index contributed by atoms with van der Waals surface area (Å²) in [6.45, 7) is 2.61. The first-order valence-electron chi connectivity index (χ1n) is 6.64. The summed E-state index contributed by atoms with van der Waals surface area (Å²) in [5, 5.41) is 12.5. The Kier molecular flexibility index (Phi) is 3.22. The predicted molar refractivity (Wildman–Crippen MR) is 75.7 cm³/mol. The number of ether oxygens (including phenoxy) is 1. The van der Waals surface area contributed by atoms with Gasteiger partial charge in [-0.1, -0.05) is 6.07 Å². The van der Waals surface area contributed by atoms with Gasteiger partial charge in [0, 0.05) is 23.7 Å². The molecule has 4 heteroatoms. The van der Waals surface area contributed by atoms with Crippen LogP contribution in [-0.2, 0) is 6.42 Å². The van der Waals surface area contributed by atoms with Crippen molar-refractivity contribution in [3.8, 4) is 11.5 Å². The summed E-state index contributed by atoms with van der Waals surface area (Å²) in [4.78, 5) is 0. The van der Waals surface area contributed by atoms with Gasteiger partial charge in [0.15, 0.2) is 0 Å². The van der Waals surface area contributed by atoms with E-state index in [1.165, 1.54) is 11.6 Å². The molecule has 1 unspecified atom stereocenters. The van der Waals surface area contributed by atoms with Gasteiger partial charge in [0.05, 0.1) is 12.6 Å². The lowest BCUT2D eigenvalue weighted by molar-refractivity contribution is 0.357. The molecule has 0 radical (unpaired) electrons. The number of aromatic hydroxyl groups is 1. The van der Waals surface area contributed by atoms with E-state index in [0.29, 0.717) is 5.56 Å². The summed E-state index contributed by atoms with van der Waals surface area (Å²) in [6.07, 6.45) is 0.910. The first-order valence-corrected chi connectivity index (χ1v) is 6.64. The SMILES string of the molecule is CC(Nc1ccc2c(c1)CCO2)c1ccc(O)cc1F. The number of hydrogen-bond donors (Lipinski definition) is 2. The molecule has 1 aliphatic rings. The second-order valence-corrected chi connectivity index (χ2v) is 4.99. The highest BCUT2D eigenvalue weighted by Gasteiger charge is 2.15. The monoisotopic (exact) mass is 273 g/mol. The third-order valence-electron chi connectivity index (χ3n) is 3.52. The summed E-state index contributed by atoms with van der Waals surface area (Å²) < 4.78 is 19.3. The van der Waals surface area contributed by atoms with Crippen molar-refractivity contribution in [3.63, 3.8) is 0 Å². The van der Waals surface area contributed by atoms with Crippen LogP contribution in [0, 0.1) is 5.82 Å². The molecule has 2 N–H and O–H groups in total. The Bertz CT molecular complexity index is 642. The van der Waals surface area contributed by atoms with Crippen LogP contribution in [0.3, 0.4) is 0 Å². The van der Waals surface area contributed by atoms with E-state index in [9.17, 15) is 9.50 Å². The fraction of sp³-hybridized carbons (Fsp3) is 0.250. The maximum atomic E-state index is 13.8. The molecular weight excluding hydrogens is 257 g/mol. The van der Waals surface area contributed by atoms with Crippen molar-refractivity contribution in [3.05, 3.63) is 53.3 Å². The Morgan fingerprint density at radius 1 is 1.25 bits per heavy atom. The zero-order chi connectivity index (χ0) is 14.1. The van der Waals surface area contributed by atoms with Crippen LogP contribution in [0.15, 0.2) is 36.4 Å². The molecular formula is C16H16FNO2. The van der Waals surface area contributed by atoms with E-state index >= 15 is 0 Å². The van der Waals surface area contributed by atoms with Gasteiger partial charge in [-0.2, -0.15) is 0 Å². The number of rotatable bonds is 3. The van der Waals surface area contributed by atoms with Crippen molar-refractivity contribution in [2.75, 3.05) is 11.9 Å². The highest BCUT2D eigenvalue weighted by Crippen LogP contribution is 2.30. The van der Waals surface area contributed by atoms with Crippen LogP contribution in [-0.4, -0.2) is 11.7 Å². The second kappa shape index (κ2) is 5.04. The van der Waals surface area contributed by atoms with E-state index < -0.39 is 5.82 Å². The third-order valence-corrected chi connectivity index (χ3v) is 3.52. The molecule has 0 aromatic heterocycles. The molecule has 3 rings (SSSR count). The van der Waals surface area contributed by atoms with Gasteiger partial charge in [0.2, 0.25) is 0 Å². The van der Waals surface area contributed by atoms with Gasteiger partial charge in [-0.15, -0.1) is 0 Å². The quantitative estimate of drug-likeness (QED) is 0.897. The molecule has 1 atom stereocenters. The van der Waals surface area contributed by atoms with Crippen molar-refractivity contribution < 1.29 is 14.2 Å². The summed E-state index contributed by atoms with van der Waals surface area (Å²) in [5.74, 6) is 0.460. The average Bonchev–Trinajstić information content (AvgIpc) is 2.85. The Balaban J connectivity index is 1.80. The van der Waals surface area contributed by atoms with Crippen LogP contribution in [0.5, 0.6) is 11.5 Å². The van der Waals surface area contributed by atoms with Crippen molar-refractivity contribution in [1.82, 2.24) is 0 Å². The molecule has 3 nitrogen and oxygen atoms in total. The van der Waals surface area contributed by atoms with Crippen LogP contribution in [0.4, 0.5) is 10.1 Å². The highest BCUT2D eigenvalue weighted by atomic mass is 19.1. The van der Waals surface area contributed by atoms with E-state index in [1.54, 1.807) is 6.07 Å². The molecule has 2 aromatic carbocycles. The predicted octanol–water partition coefficient (Wildman–Crippen LogP) is 3.64. The first-order chi connectivity index (χ1) is 9.63. The number of nitrogens with one attached hydrogen (secondary N) is 1. The number of phenolic OH excluding ortho intramolecular Hbond substituents is 1. The van der Waals surface area contributed by atoms with E-state index in [1.807, 2.05) is 25.1 Å². The molecule has 0 spiro atoms. The van der Waals surface area contributed by atoms with Crippen molar-refractivity contribution >= 4 is 5.69 Å². The van der Waals surface area contributed by atoms with Crippen molar-refractivity contribution in [2.24, 2.45) is 0 Å². The maximum absolute atomic E-state index is 13.8. The Hall–Kier alpha value is -2.23. The fourth-order valence-electron chi connectivity index (χ4n) is 2.47. The lowest BCUT2D eigenvalue weighted by Gasteiger charge is -2.17. The Morgan fingerprint density at radius 2 is 2.10 bits per heavy atom. The van der Waals surface area contributed by atoms with Gasteiger partial charge < -0.3 is 15.2 Å². The average molecular weight is 273 g/mol. The van der Waals surface area contributed by atoms with Crippen LogP contribution >= 0.6 is 0 Å². The fourth-order valence-corrected chi connectivity index (χ4v) is 2.47. The normalized spacial score (nSPS) is 14.5. The van der Waals surface area contributed by atoms with E-state index in [2.05, 4.69) is 5.32 Å². The molecule has 104 valence electrons. The third kappa shape index (κ3) is 2.41. The highest BCUT2D eigenvalue weighted by molar-refractivity contribution is 5.53. The van der Waals surface area contributed by atoms with Gasteiger partial charge in [-0.25, -0.2) is 4.39 Å². The van der Waals surface area contributed by atoms with Gasteiger partial charge in [0.25, 0.3) is 0 Å². The lowest BCUT2D eigenvalue weighted by Crippen LogP contribution is -2.08. The molecule has 1 heterocycles. The Morgan fingerprint density at radius 3 is 2.90 bits per heavy atom. The van der Waals surface area contributed by atoms with E-state index in [0.717, 1.165) is 30.5 Å². The largest absolute Gasteiger partial charge is 0.508 e. The number of halogens is 1. The van der Waals surface area contributed by atoms with E-state index in [4.69, 9.17) is 4.74 Å². The molecule has 0 fully saturated rings. The molecule has 20 heavy (non-hydrogen) atoms. The lowest BCUT2D eigenvalue weighted by atomic mass is 10.1. The van der Waals surface area contributed by atoms with Gasteiger partial charge in [-0.05, 0) is 36.8 Å². The molecule has 0 saturated carbocycles. The van der Waals surface area contributed by atoms with Crippen LogP contribution in [0.1, 0.15) is 24.1 Å². The summed E-state index contributed by atoms with van der Waals surface area (Å²) in [6, 6.07) is 9.94. The number of phenols is 1. The van der Waals surface area contributed by atoms with Crippen molar-refractivity contribution in [2.45, 2.75) is 19.4 Å². The zero-order valence-corrected chi connectivity index (χ0v) is 11.2. The number of fused-ring (bicyclic) bond motifs is 1. The summed E-state index contributed by atoms with van der Waals surface area (Å²) in [7, 11) is 0. The van der Waals surface area contributed by atoms with Gasteiger partial charge in [-0.3, -0.25) is 0 Å². The molecule has 1 aliphatic heterocycles. The van der Waals surface area contributed by atoms with Gasteiger partial charge >= 0.3 is 0 Å². The minimum Gasteiger partial charge on any atom is -0.508 e. The van der Waals surface area contributed by atoms with Gasteiger partial charge in [0.1, 0.15) is 17.3 Å². The molecule has 2 aromatic rings. The summed E-state index contributed by atoms with van der Waals surface area (Å²) >= 11 is 0. The zero-order valence-electron chi connectivity index (χ0n) is 11.2. The minimum absolute atomic E-state index is 0.0619. The number of benzene rings is 2. The Labute approximate surface area is 117 Å². The molecule has 0 saturated heterocycles. The molecule has 0 amide bonds.